The van der Waals surface area contributed by atoms with Crippen molar-refractivity contribution in [2.45, 2.75) is 0 Å². The summed E-state index contributed by atoms with van der Waals surface area (Å²) in [5.74, 6) is -3.06. The highest BCUT2D eigenvalue weighted by Crippen LogP contribution is 2.33. The lowest BCUT2D eigenvalue weighted by molar-refractivity contribution is 0.0697. The second-order valence-electron chi connectivity index (χ2n) is 4.86. The van der Waals surface area contributed by atoms with Crippen molar-refractivity contribution in [2.75, 3.05) is 11.1 Å². The summed E-state index contributed by atoms with van der Waals surface area (Å²) >= 11 is 3.11. The van der Waals surface area contributed by atoms with E-state index in [1.54, 1.807) is 0 Å². The Hall–Kier alpha value is -2.81. The summed E-state index contributed by atoms with van der Waals surface area (Å²) in [7, 11) is 0. The van der Waals surface area contributed by atoms with Gasteiger partial charge in [0, 0.05) is 9.86 Å². The number of hydrogen-bond acceptors (Lipinski definition) is 5. The molecule has 0 radical (unpaired) electrons. The molecule has 2 aromatic carbocycles. The van der Waals surface area contributed by atoms with Crippen LogP contribution in [0.2, 0.25) is 0 Å². The summed E-state index contributed by atoms with van der Waals surface area (Å²) in [6, 6.07) is 5.21. The van der Waals surface area contributed by atoms with Gasteiger partial charge < -0.3 is 16.2 Å². The molecule has 3 aromatic rings. The first-order chi connectivity index (χ1) is 11.4. The first kappa shape index (κ1) is 16.1. The minimum atomic E-state index is -1.40. The highest BCUT2D eigenvalue weighted by molar-refractivity contribution is 9.10. The number of halogens is 3. The summed E-state index contributed by atoms with van der Waals surface area (Å²) < 4.78 is 29.2. The number of carboxylic acid groups (broad SMARTS) is 1. The normalized spacial score (nSPS) is 10.8. The van der Waals surface area contributed by atoms with Crippen molar-refractivity contribution in [1.82, 2.24) is 10.2 Å². The molecule has 0 spiro atoms. The van der Waals surface area contributed by atoms with Crippen LogP contribution in [0.5, 0.6) is 0 Å². The molecule has 0 fully saturated rings. The van der Waals surface area contributed by atoms with Gasteiger partial charge in [-0.2, -0.15) is 5.10 Å². The predicted octanol–water partition coefficient (Wildman–Crippen LogP) is 3.69. The Kier molecular flexibility index (Phi) is 4.02. The number of fused-ring (bicyclic) bond motifs is 1. The molecule has 24 heavy (non-hydrogen) atoms. The van der Waals surface area contributed by atoms with Gasteiger partial charge in [0.2, 0.25) is 0 Å². The molecule has 1 heterocycles. The van der Waals surface area contributed by atoms with Gasteiger partial charge >= 0.3 is 5.97 Å². The number of benzene rings is 2. The van der Waals surface area contributed by atoms with Gasteiger partial charge in [0.25, 0.3) is 0 Å². The van der Waals surface area contributed by atoms with E-state index in [1.165, 1.54) is 30.5 Å². The molecule has 0 bridgehead atoms. The topological polar surface area (TPSA) is 101 Å². The van der Waals surface area contributed by atoms with Crippen molar-refractivity contribution >= 4 is 49.9 Å². The minimum Gasteiger partial charge on any atom is -0.478 e. The molecular formula is C15H9BrF2N4O2. The summed E-state index contributed by atoms with van der Waals surface area (Å²) in [5.41, 5.74) is 4.66. The van der Waals surface area contributed by atoms with Crippen LogP contribution >= 0.6 is 15.9 Å². The van der Waals surface area contributed by atoms with Gasteiger partial charge in [-0.05, 0) is 24.3 Å². The molecular weight excluding hydrogens is 386 g/mol. The molecule has 0 saturated heterocycles. The summed E-state index contributed by atoms with van der Waals surface area (Å²) in [6.07, 6.45) is 1.19. The number of aromatic nitrogens is 2. The van der Waals surface area contributed by atoms with E-state index < -0.39 is 28.9 Å². The van der Waals surface area contributed by atoms with E-state index in [2.05, 4.69) is 31.4 Å². The number of hydrogen-bond donors (Lipinski definition) is 3. The number of nitrogens with two attached hydrogens (primary N) is 1. The van der Waals surface area contributed by atoms with Crippen LogP contribution in [0, 0.1) is 11.6 Å². The lowest BCUT2D eigenvalue weighted by Crippen LogP contribution is -2.08. The van der Waals surface area contributed by atoms with E-state index in [1.807, 2.05) is 0 Å². The lowest BCUT2D eigenvalue weighted by atomic mass is 10.1. The molecule has 9 heteroatoms. The van der Waals surface area contributed by atoms with Crippen molar-refractivity contribution in [3.05, 3.63) is 52.1 Å². The van der Waals surface area contributed by atoms with E-state index in [-0.39, 0.29) is 22.3 Å². The quantitative estimate of drug-likeness (QED) is 0.625. The van der Waals surface area contributed by atoms with E-state index in [0.29, 0.717) is 4.47 Å². The number of aromatic carboxylic acids is 1. The predicted molar refractivity (Wildman–Crippen MR) is 88.3 cm³/mol. The molecule has 4 N–H and O–H groups in total. The van der Waals surface area contributed by atoms with Gasteiger partial charge in [0.05, 0.1) is 28.8 Å². The molecule has 0 saturated carbocycles. The molecule has 0 amide bonds. The Bertz CT molecular complexity index is 981. The molecule has 0 aliphatic heterocycles. The monoisotopic (exact) mass is 394 g/mol. The third-order valence-corrected chi connectivity index (χ3v) is 3.82. The van der Waals surface area contributed by atoms with Crippen molar-refractivity contribution in [3.63, 3.8) is 0 Å². The Balaban J connectivity index is 2.24. The van der Waals surface area contributed by atoms with Crippen molar-refractivity contribution in [1.29, 1.82) is 0 Å². The van der Waals surface area contributed by atoms with Gasteiger partial charge in [-0.25, -0.2) is 13.6 Å². The minimum absolute atomic E-state index is 0.0859. The standard InChI is InChI=1S/C15H9BrF2N4O2/c16-6-1-2-11(9(17)3-6)21-13-8(15(23)24)4-7-10(19)5-20-22-14(7)12(13)18/h1-5,21H,(H2,19,22)(H,23,24). The maximum absolute atomic E-state index is 14.8. The van der Waals surface area contributed by atoms with Crippen LogP contribution in [0.15, 0.2) is 34.9 Å². The molecule has 0 unspecified atom stereocenters. The molecule has 6 nitrogen and oxygen atoms in total. The van der Waals surface area contributed by atoms with Crippen LogP contribution < -0.4 is 11.1 Å². The highest BCUT2D eigenvalue weighted by Gasteiger charge is 2.21. The van der Waals surface area contributed by atoms with E-state index in [0.717, 1.165) is 0 Å². The highest BCUT2D eigenvalue weighted by atomic mass is 79.9. The second kappa shape index (κ2) is 6.00. The number of carboxylic acids is 1. The van der Waals surface area contributed by atoms with E-state index in [4.69, 9.17) is 5.73 Å². The van der Waals surface area contributed by atoms with Crippen molar-refractivity contribution < 1.29 is 18.7 Å². The van der Waals surface area contributed by atoms with Gasteiger partial charge in [-0.15, -0.1) is 5.10 Å². The first-order valence-corrected chi connectivity index (χ1v) is 7.36. The molecule has 1 aromatic heterocycles. The summed E-state index contributed by atoms with van der Waals surface area (Å²) in [6.45, 7) is 0. The lowest BCUT2D eigenvalue weighted by Gasteiger charge is -2.14. The number of anilines is 3. The van der Waals surface area contributed by atoms with Crippen LogP contribution in [0.4, 0.5) is 25.8 Å². The Morgan fingerprint density at radius 1 is 1.29 bits per heavy atom. The third kappa shape index (κ3) is 2.73. The fourth-order valence-electron chi connectivity index (χ4n) is 2.19. The maximum atomic E-state index is 14.8. The molecule has 0 aliphatic rings. The van der Waals surface area contributed by atoms with Gasteiger partial charge in [0.15, 0.2) is 5.82 Å². The fourth-order valence-corrected chi connectivity index (χ4v) is 2.53. The third-order valence-electron chi connectivity index (χ3n) is 3.33. The van der Waals surface area contributed by atoms with E-state index >= 15 is 0 Å². The molecule has 122 valence electrons. The number of nitrogen functional groups attached to an aromatic ring is 1. The van der Waals surface area contributed by atoms with Crippen LogP contribution in [-0.2, 0) is 0 Å². The Morgan fingerprint density at radius 3 is 2.71 bits per heavy atom. The smallest absolute Gasteiger partial charge is 0.337 e. The van der Waals surface area contributed by atoms with Crippen LogP contribution in [-0.4, -0.2) is 21.3 Å². The SMILES string of the molecule is Nc1cnnc2c(F)c(Nc3ccc(Br)cc3F)c(C(=O)O)cc12. The zero-order chi connectivity index (χ0) is 17.4. The maximum Gasteiger partial charge on any atom is 0.337 e. The number of rotatable bonds is 3. The number of carbonyl (C=O) groups is 1. The van der Waals surface area contributed by atoms with E-state index in [9.17, 15) is 18.7 Å². The Labute approximate surface area is 142 Å². The molecule has 3 rings (SSSR count). The van der Waals surface area contributed by atoms with Gasteiger partial charge in [-0.3, -0.25) is 0 Å². The molecule has 0 atom stereocenters. The molecule has 0 aliphatic carbocycles. The van der Waals surface area contributed by atoms with Crippen molar-refractivity contribution in [3.8, 4) is 0 Å². The average molecular weight is 395 g/mol. The zero-order valence-electron chi connectivity index (χ0n) is 11.8. The summed E-state index contributed by atoms with van der Waals surface area (Å²) in [4.78, 5) is 11.5. The van der Waals surface area contributed by atoms with Crippen LogP contribution in [0.1, 0.15) is 10.4 Å². The largest absolute Gasteiger partial charge is 0.478 e. The zero-order valence-corrected chi connectivity index (χ0v) is 13.4. The number of nitrogens with zero attached hydrogens (tertiary/aromatic N) is 2. The Morgan fingerprint density at radius 2 is 2.04 bits per heavy atom. The number of nitrogens with one attached hydrogen (secondary N) is 1. The van der Waals surface area contributed by atoms with Gasteiger partial charge in [0.1, 0.15) is 11.3 Å². The second-order valence-corrected chi connectivity index (χ2v) is 5.78. The van der Waals surface area contributed by atoms with Crippen molar-refractivity contribution in [2.24, 2.45) is 0 Å². The first-order valence-electron chi connectivity index (χ1n) is 6.57. The average Bonchev–Trinajstić information content (AvgIpc) is 2.52. The van der Waals surface area contributed by atoms with Crippen LogP contribution in [0.3, 0.4) is 0 Å². The fraction of sp³-hybridized carbons (Fsp3) is 0. The van der Waals surface area contributed by atoms with Crippen LogP contribution in [0.25, 0.3) is 10.9 Å². The van der Waals surface area contributed by atoms with Gasteiger partial charge in [-0.1, -0.05) is 15.9 Å². The summed E-state index contributed by atoms with van der Waals surface area (Å²) in [5, 5.41) is 19.1.